The fourth-order valence-corrected chi connectivity index (χ4v) is 5.02. The molecule has 4 nitrogen and oxygen atoms in total. The van der Waals surface area contributed by atoms with Gasteiger partial charge in [-0.3, -0.25) is 9.78 Å². The molecule has 5 rings (SSSR count). The lowest BCUT2D eigenvalue weighted by molar-refractivity contribution is 0.0846. The van der Waals surface area contributed by atoms with Crippen LogP contribution in [0, 0.1) is 23.5 Å². The molecular weight excluding hydrogens is 400 g/mol. The van der Waals surface area contributed by atoms with Crippen molar-refractivity contribution in [1.82, 2.24) is 9.97 Å². The minimum atomic E-state index is -2.79. The van der Waals surface area contributed by atoms with Gasteiger partial charge in [0, 0.05) is 47.5 Å². The van der Waals surface area contributed by atoms with Crippen molar-refractivity contribution < 1.29 is 22.3 Å². The number of benzene rings is 1. The molecule has 0 spiro atoms. The number of nitrogens with one attached hydrogen (secondary N) is 1. The Hall–Kier alpha value is -2.90. The highest BCUT2D eigenvalue weighted by Crippen LogP contribution is 2.68. The van der Waals surface area contributed by atoms with Crippen LogP contribution in [0.15, 0.2) is 41.5 Å². The first-order valence-electron chi connectivity index (χ1n) is 9.69. The Labute approximate surface area is 168 Å². The highest BCUT2D eigenvalue weighted by atomic mass is 19.3. The zero-order valence-corrected chi connectivity index (χ0v) is 16.0. The maximum Gasteiger partial charge on any atom is 0.254 e. The molecule has 1 N–H and O–H groups in total. The average Bonchev–Trinajstić information content (AvgIpc) is 3.28. The standard InChI is InChI=1S/C22H18F4N2O2/c1-30-21-10(2-3-16(23)20(21)24)11-6-14-15(22(14,25)26)7-12(11)18-8-19(29)13-9-27-5-4-17(13)28-18/h2-5,8-9,11-12,14-15H,6-7H2,1H3,(H,28,29)/t11?,12?,14-,15?/m1/s1. The van der Waals surface area contributed by atoms with E-state index in [-0.39, 0.29) is 24.0 Å². The van der Waals surface area contributed by atoms with Crippen molar-refractivity contribution in [2.75, 3.05) is 7.11 Å². The van der Waals surface area contributed by atoms with E-state index >= 15 is 0 Å². The normalized spacial score (nSPS) is 27.0. The Morgan fingerprint density at radius 3 is 2.60 bits per heavy atom. The molecule has 2 aromatic heterocycles. The van der Waals surface area contributed by atoms with Gasteiger partial charge in [-0.1, -0.05) is 6.07 Å². The molecule has 2 saturated carbocycles. The van der Waals surface area contributed by atoms with Crippen molar-refractivity contribution in [3.05, 3.63) is 69.8 Å². The quantitative estimate of drug-likeness (QED) is 0.625. The number of nitrogens with zero attached hydrogens (tertiary/aromatic N) is 1. The second kappa shape index (κ2) is 6.55. The summed E-state index contributed by atoms with van der Waals surface area (Å²) in [6.45, 7) is 0. The minimum Gasteiger partial charge on any atom is -0.493 e. The molecule has 2 aliphatic rings. The number of methoxy groups -OCH3 is 1. The summed E-state index contributed by atoms with van der Waals surface area (Å²) in [4.78, 5) is 19.7. The van der Waals surface area contributed by atoms with Gasteiger partial charge in [-0.2, -0.15) is 4.39 Å². The molecule has 2 aliphatic carbocycles. The van der Waals surface area contributed by atoms with Crippen LogP contribution in [0.3, 0.4) is 0 Å². The van der Waals surface area contributed by atoms with Gasteiger partial charge in [0.1, 0.15) is 0 Å². The maximum absolute atomic E-state index is 14.4. The van der Waals surface area contributed by atoms with E-state index in [9.17, 15) is 22.4 Å². The number of ether oxygens (including phenoxy) is 1. The number of hydrogen-bond donors (Lipinski definition) is 1. The first-order chi connectivity index (χ1) is 14.3. The largest absolute Gasteiger partial charge is 0.493 e. The van der Waals surface area contributed by atoms with Crippen molar-refractivity contribution in [3.8, 4) is 5.75 Å². The Balaban J connectivity index is 1.66. The molecule has 0 radical (unpaired) electrons. The van der Waals surface area contributed by atoms with Gasteiger partial charge in [-0.15, -0.1) is 0 Å². The monoisotopic (exact) mass is 418 g/mol. The van der Waals surface area contributed by atoms with E-state index in [1.165, 1.54) is 31.6 Å². The molecule has 0 aliphatic heterocycles. The van der Waals surface area contributed by atoms with Gasteiger partial charge in [-0.25, -0.2) is 13.2 Å². The topological polar surface area (TPSA) is 55.0 Å². The highest BCUT2D eigenvalue weighted by molar-refractivity contribution is 5.77. The number of alkyl halides is 2. The summed E-state index contributed by atoms with van der Waals surface area (Å²) < 4.78 is 61.8. The van der Waals surface area contributed by atoms with Crippen LogP contribution in [-0.4, -0.2) is 23.0 Å². The van der Waals surface area contributed by atoms with Crippen molar-refractivity contribution in [3.63, 3.8) is 0 Å². The predicted octanol–water partition coefficient (Wildman–Crippen LogP) is 4.75. The highest BCUT2D eigenvalue weighted by Gasteiger charge is 2.70. The Morgan fingerprint density at radius 1 is 1.13 bits per heavy atom. The molecule has 2 heterocycles. The number of pyridine rings is 2. The minimum absolute atomic E-state index is 0.0974. The summed E-state index contributed by atoms with van der Waals surface area (Å²) in [6, 6.07) is 5.41. The zero-order chi connectivity index (χ0) is 21.2. The number of fused-ring (bicyclic) bond motifs is 2. The van der Waals surface area contributed by atoms with E-state index in [4.69, 9.17) is 4.74 Å². The Bertz CT molecular complexity index is 1210. The second-order valence-electron chi connectivity index (χ2n) is 8.07. The summed E-state index contributed by atoms with van der Waals surface area (Å²) in [7, 11) is 1.22. The van der Waals surface area contributed by atoms with Crippen LogP contribution in [0.5, 0.6) is 5.75 Å². The number of hydrogen-bond acceptors (Lipinski definition) is 3. The molecule has 3 aromatic rings. The number of H-pyrrole nitrogens is 1. The van der Waals surface area contributed by atoms with Crippen LogP contribution in [0.2, 0.25) is 0 Å². The zero-order valence-electron chi connectivity index (χ0n) is 16.0. The van der Waals surface area contributed by atoms with Crippen LogP contribution in [0.25, 0.3) is 10.9 Å². The van der Waals surface area contributed by atoms with Gasteiger partial charge >= 0.3 is 0 Å². The molecule has 2 fully saturated rings. The molecule has 30 heavy (non-hydrogen) atoms. The van der Waals surface area contributed by atoms with Crippen molar-refractivity contribution in [1.29, 1.82) is 0 Å². The molecule has 0 saturated heterocycles. The molecule has 8 heteroatoms. The Morgan fingerprint density at radius 2 is 1.87 bits per heavy atom. The summed E-state index contributed by atoms with van der Waals surface area (Å²) in [5.41, 5.74) is 1.11. The lowest BCUT2D eigenvalue weighted by Gasteiger charge is -2.32. The van der Waals surface area contributed by atoms with Gasteiger partial charge in [0.05, 0.1) is 18.0 Å². The van der Waals surface area contributed by atoms with Gasteiger partial charge in [0.2, 0.25) is 5.82 Å². The molecule has 0 bridgehead atoms. The summed E-state index contributed by atoms with van der Waals surface area (Å²) in [5, 5.41) is 0.397. The average molecular weight is 418 g/mol. The van der Waals surface area contributed by atoms with Crippen LogP contribution in [-0.2, 0) is 0 Å². The predicted molar refractivity (Wildman–Crippen MR) is 102 cm³/mol. The number of aromatic amines is 1. The van der Waals surface area contributed by atoms with E-state index in [1.54, 1.807) is 6.07 Å². The van der Waals surface area contributed by atoms with Crippen LogP contribution in [0.4, 0.5) is 17.6 Å². The lowest BCUT2D eigenvalue weighted by atomic mass is 9.73. The number of halogens is 4. The molecule has 4 atom stereocenters. The van der Waals surface area contributed by atoms with Gasteiger partial charge in [-0.05, 0) is 30.9 Å². The van der Waals surface area contributed by atoms with Crippen molar-refractivity contribution >= 4 is 10.9 Å². The number of rotatable bonds is 3. The van der Waals surface area contributed by atoms with Gasteiger partial charge in [0.15, 0.2) is 17.0 Å². The molecular formula is C22H18F4N2O2. The van der Waals surface area contributed by atoms with Crippen LogP contribution < -0.4 is 10.2 Å². The van der Waals surface area contributed by atoms with Crippen molar-refractivity contribution in [2.24, 2.45) is 11.8 Å². The second-order valence-corrected chi connectivity index (χ2v) is 8.07. The molecule has 0 amide bonds. The third kappa shape index (κ3) is 2.73. The first-order valence-corrected chi connectivity index (χ1v) is 9.69. The van der Waals surface area contributed by atoms with Crippen LogP contribution in [0.1, 0.15) is 35.9 Å². The smallest absolute Gasteiger partial charge is 0.254 e. The molecule has 1 aromatic carbocycles. The number of aromatic nitrogens is 2. The van der Waals surface area contributed by atoms with E-state index in [0.717, 1.165) is 6.07 Å². The first kappa shape index (κ1) is 19.1. The fraction of sp³-hybridized carbons (Fsp3) is 0.364. The molecule has 3 unspecified atom stereocenters. The van der Waals surface area contributed by atoms with E-state index in [2.05, 4.69) is 9.97 Å². The van der Waals surface area contributed by atoms with Crippen LogP contribution >= 0.6 is 0 Å². The van der Waals surface area contributed by atoms with Gasteiger partial charge in [0.25, 0.3) is 5.92 Å². The summed E-state index contributed by atoms with van der Waals surface area (Å²) in [6.07, 6.45) is 3.21. The third-order valence-corrected chi connectivity index (χ3v) is 6.60. The lowest BCUT2D eigenvalue weighted by Crippen LogP contribution is -2.21. The summed E-state index contributed by atoms with van der Waals surface area (Å²) in [5.74, 6) is -7.93. The maximum atomic E-state index is 14.4. The summed E-state index contributed by atoms with van der Waals surface area (Å²) >= 11 is 0. The SMILES string of the molecule is COc1c(C2C[C@@H]3C(CC2c2cc(=O)c4cnccc4[nH]2)C3(F)F)ccc(F)c1F. The van der Waals surface area contributed by atoms with E-state index in [1.807, 2.05) is 0 Å². The fourth-order valence-electron chi connectivity index (χ4n) is 5.02. The van der Waals surface area contributed by atoms with Crippen molar-refractivity contribution in [2.45, 2.75) is 30.6 Å². The molecule has 156 valence electrons. The third-order valence-electron chi connectivity index (χ3n) is 6.60. The Kier molecular flexibility index (Phi) is 4.17. The van der Waals surface area contributed by atoms with Gasteiger partial charge < -0.3 is 9.72 Å². The van der Waals surface area contributed by atoms with E-state index in [0.29, 0.717) is 22.2 Å². The van der Waals surface area contributed by atoms with E-state index < -0.39 is 41.2 Å².